The Kier molecular flexibility index (Phi) is 3.64. The van der Waals surface area contributed by atoms with Crippen molar-refractivity contribution in [1.82, 2.24) is 0 Å². The van der Waals surface area contributed by atoms with Gasteiger partial charge in [-0.2, -0.15) is 0 Å². The quantitative estimate of drug-likeness (QED) is 0.841. The van der Waals surface area contributed by atoms with Gasteiger partial charge in [0.2, 0.25) is 5.72 Å². The van der Waals surface area contributed by atoms with Crippen LogP contribution in [0.3, 0.4) is 0 Å². The molecule has 1 aromatic carbocycles. The van der Waals surface area contributed by atoms with Gasteiger partial charge in [-0.1, -0.05) is 23.4 Å². The first-order valence-electron chi connectivity index (χ1n) is 8.17. The van der Waals surface area contributed by atoms with Gasteiger partial charge in [0.1, 0.15) is 5.60 Å². The highest BCUT2D eigenvalue weighted by molar-refractivity contribution is 6.39. The number of carbonyl (C=O) groups excluding carboxylic acids is 1. The van der Waals surface area contributed by atoms with E-state index < -0.39 is 22.7 Å². The Morgan fingerprint density at radius 3 is 2.62 bits per heavy atom. The summed E-state index contributed by atoms with van der Waals surface area (Å²) in [7, 11) is 1.93. The lowest BCUT2D eigenvalue weighted by Gasteiger charge is -2.49. The Balaban J connectivity index is 2.07. The number of carbonyl (C=O) groups is 1. The van der Waals surface area contributed by atoms with Crippen LogP contribution in [0.5, 0.6) is 0 Å². The van der Waals surface area contributed by atoms with Gasteiger partial charge in [-0.3, -0.25) is 0 Å². The molecule has 0 bridgehead atoms. The van der Waals surface area contributed by atoms with Crippen LogP contribution >= 0.6 is 0 Å². The van der Waals surface area contributed by atoms with Crippen molar-refractivity contribution in [2.45, 2.75) is 50.9 Å². The van der Waals surface area contributed by atoms with E-state index in [0.29, 0.717) is 0 Å². The van der Waals surface area contributed by atoms with Gasteiger partial charge in [0, 0.05) is 19.2 Å². The molecule has 0 aliphatic carbocycles. The normalized spacial score (nSPS) is 30.6. The summed E-state index contributed by atoms with van der Waals surface area (Å²) in [6.07, 6.45) is 0.204. The van der Waals surface area contributed by atoms with Crippen LogP contribution in [0.1, 0.15) is 39.7 Å². The van der Waals surface area contributed by atoms with Crippen LogP contribution in [0.4, 0.5) is 5.69 Å². The third-order valence-corrected chi connectivity index (χ3v) is 5.31. The zero-order valence-corrected chi connectivity index (χ0v) is 14.8. The fourth-order valence-corrected chi connectivity index (χ4v) is 3.89. The highest BCUT2D eigenvalue weighted by atomic mass is 16.7. The topological polar surface area (TPSA) is 71.4 Å². The van der Waals surface area contributed by atoms with Crippen LogP contribution in [-0.4, -0.2) is 41.8 Å². The predicted molar refractivity (Wildman–Crippen MR) is 91.0 cm³/mol. The number of fused-ring (bicyclic) bond motifs is 1. The van der Waals surface area contributed by atoms with E-state index in [1.54, 1.807) is 13.8 Å². The highest BCUT2D eigenvalue weighted by Gasteiger charge is 2.63. The molecule has 130 valence electrons. The van der Waals surface area contributed by atoms with Crippen molar-refractivity contribution in [3.8, 4) is 0 Å². The van der Waals surface area contributed by atoms with Gasteiger partial charge in [0.05, 0.1) is 12.0 Å². The van der Waals surface area contributed by atoms with E-state index in [1.807, 2.05) is 30.1 Å². The maximum Gasteiger partial charge on any atom is 0.359 e. The number of aliphatic hydroxyl groups is 1. The number of nitrogens with zero attached hydrogens (tertiary/aromatic N) is 2. The van der Waals surface area contributed by atoms with Crippen LogP contribution in [0.15, 0.2) is 29.4 Å². The van der Waals surface area contributed by atoms with Gasteiger partial charge in [-0.15, -0.1) is 0 Å². The summed E-state index contributed by atoms with van der Waals surface area (Å²) in [4.78, 5) is 20.0. The average Bonchev–Trinajstić information content (AvgIpc) is 2.66. The number of rotatable bonds is 2. The molecule has 2 aliphatic heterocycles. The molecule has 1 spiro atoms. The number of hydrogen-bond donors (Lipinski definition) is 1. The Labute approximate surface area is 142 Å². The van der Waals surface area contributed by atoms with E-state index in [0.717, 1.165) is 11.3 Å². The van der Waals surface area contributed by atoms with E-state index >= 15 is 0 Å². The summed E-state index contributed by atoms with van der Waals surface area (Å²) in [6.45, 7) is 7.64. The molecule has 6 nitrogen and oxygen atoms in total. The van der Waals surface area contributed by atoms with E-state index in [4.69, 9.17) is 9.57 Å². The lowest BCUT2D eigenvalue weighted by atomic mass is 9.72. The summed E-state index contributed by atoms with van der Waals surface area (Å²) < 4.78 is 4.99. The van der Waals surface area contributed by atoms with Crippen molar-refractivity contribution >= 4 is 17.4 Å². The van der Waals surface area contributed by atoms with Gasteiger partial charge < -0.3 is 19.6 Å². The monoisotopic (exact) mass is 332 g/mol. The first-order chi connectivity index (χ1) is 11.2. The second-order valence-corrected chi connectivity index (χ2v) is 7.19. The predicted octanol–water partition coefficient (Wildman–Crippen LogP) is 2.20. The number of esters is 1. The largest absolute Gasteiger partial charge is 0.461 e. The summed E-state index contributed by atoms with van der Waals surface area (Å²) in [5.41, 5.74) is -0.679. The number of oxime groups is 1. The van der Waals surface area contributed by atoms with Gasteiger partial charge in [-0.25, -0.2) is 4.79 Å². The second-order valence-electron chi connectivity index (χ2n) is 7.19. The average molecular weight is 332 g/mol. The van der Waals surface area contributed by atoms with Gasteiger partial charge in [-0.05, 0) is 39.3 Å². The zero-order chi connectivity index (χ0) is 17.8. The summed E-state index contributed by atoms with van der Waals surface area (Å²) in [5.74, 6) is -0.645. The van der Waals surface area contributed by atoms with E-state index in [2.05, 4.69) is 25.1 Å². The number of ether oxygens (including phenoxy) is 1. The van der Waals surface area contributed by atoms with Crippen molar-refractivity contribution in [2.75, 3.05) is 18.6 Å². The lowest BCUT2D eigenvalue weighted by Crippen LogP contribution is -2.64. The number of hydrogen-bond acceptors (Lipinski definition) is 6. The summed E-state index contributed by atoms with van der Waals surface area (Å²) in [6, 6.07) is 8.04. The molecule has 2 heterocycles. The molecule has 6 heteroatoms. The smallest absolute Gasteiger partial charge is 0.359 e. The Bertz CT molecular complexity index is 711. The van der Waals surface area contributed by atoms with Crippen LogP contribution in [0.25, 0.3) is 0 Å². The standard InChI is InChI=1S/C18H24N2O4/c1-6-23-15(21)14-17(4,22)11-18(24-19-14)16(2,3)12-9-7-8-10-13(12)20(18)5/h7-10,22H,6,11H2,1-5H3. The molecular weight excluding hydrogens is 308 g/mol. The molecule has 0 saturated heterocycles. The molecule has 2 unspecified atom stereocenters. The molecule has 0 saturated carbocycles. The molecule has 0 amide bonds. The first-order valence-corrected chi connectivity index (χ1v) is 8.17. The van der Waals surface area contributed by atoms with Gasteiger partial charge in [0.25, 0.3) is 0 Å². The van der Waals surface area contributed by atoms with Crippen molar-refractivity contribution < 1.29 is 19.5 Å². The van der Waals surface area contributed by atoms with Crippen LogP contribution in [0.2, 0.25) is 0 Å². The number of anilines is 1. The maximum atomic E-state index is 12.1. The fraction of sp³-hybridized carbons (Fsp3) is 0.556. The van der Waals surface area contributed by atoms with Crippen LogP contribution in [-0.2, 0) is 19.8 Å². The van der Waals surface area contributed by atoms with E-state index in [9.17, 15) is 9.90 Å². The molecule has 0 fully saturated rings. The van der Waals surface area contributed by atoms with Crippen LogP contribution in [0, 0.1) is 0 Å². The van der Waals surface area contributed by atoms with E-state index in [-0.39, 0.29) is 18.7 Å². The van der Waals surface area contributed by atoms with Gasteiger partial charge in [0.15, 0.2) is 5.71 Å². The Morgan fingerprint density at radius 2 is 2.04 bits per heavy atom. The summed E-state index contributed by atoms with van der Waals surface area (Å²) >= 11 is 0. The lowest BCUT2D eigenvalue weighted by molar-refractivity contribution is -0.147. The zero-order valence-electron chi connectivity index (χ0n) is 14.8. The minimum Gasteiger partial charge on any atom is -0.461 e. The molecular formula is C18H24N2O4. The molecule has 1 aromatic rings. The molecule has 3 rings (SSSR count). The number of para-hydroxylation sites is 1. The summed E-state index contributed by atoms with van der Waals surface area (Å²) in [5, 5.41) is 15.0. The van der Waals surface area contributed by atoms with Crippen molar-refractivity contribution in [1.29, 1.82) is 0 Å². The minimum absolute atomic E-state index is 0.0878. The molecule has 1 N–H and O–H groups in total. The van der Waals surface area contributed by atoms with Crippen molar-refractivity contribution in [2.24, 2.45) is 5.16 Å². The van der Waals surface area contributed by atoms with Crippen molar-refractivity contribution in [3.63, 3.8) is 0 Å². The van der Waals surface area contributed by atoms with Gasteiger partial charge >= 0.3 is 5.97 Å². The minimum atomic E-state index is -1.45. The third-order valence-electron chi connectivity index (χ3n) is 5.31. The molecule has 2 atom stereocenters. The number of benzene rings is 1. The maximum absolute atomic E-state index is 12.1. The highest BCUT2D eigenvalue weighted by Crippen LogP contribution is 2.55. The molecule has 0 aromatic heterocycles. The second kappa shape index (κ2) is 5.21. The molecule has 2 aliphatic rings. The van der Waals surface area contributed by atoms with E-state index in [1.165, 1.54) is 0 Å². The molecule has 0 radical (unpaired) electrons. The fourth-order valence-electron chi connectivity index (χ4n) is 3.89. The van der Waals surface area contributed by atoms with Crippen LogP contribution < -0.4 is 4.90 Å². The third kappa shape index (κ3) is 2.05. The number of likely N-dealkylation sites (N-methyl/N-ethyl adjacent to an activating group) is 1. The Morgan fingerprint density at radius 1 is 1.38 bits per heavy atom. The van der Waals surface area contributed by atoms with Crippen molar-refractivity contribution in [3.05, 3.63) is 29.8 Å². The SMILES string of the molecule is CCOC(=O)C1=NOC2(CC1(C)O)N(C)c1ccccc1C2(C)C. The molecule has 24 heavy (non-hydrogen) atoms. The first kappa shape index (κ1) is 16.8. The Hall–Kier alpha value is -2.08.